The van der Waals surface area contributed by atoms with Gasteiger partial charge in [-0.3, -0.25) is 4.79 Å². The van der Waals surface area contributed by atoms with E-state index in [4.69, 9.17) is 18.9 Å². The second-order valence-electron chi connectivity index (χ2n) is 11.7. The van der Waals surface area contributed by atoms with E-state index in [1.54, 1.807) is 0 Å². The third-order valence-electron chi connectivity index (χ3n) is 8.06. The summed E-state index contributed by atoms with van der Waals surface area (Å²) >= 11 is 0. The molecule has 7 nitrogen and oxygen atoms in total. The lowest BCUT2D eigenvalue weighted by Gasteiger charge is -2.43. The van der Waals surface area contributed by atoms with Crippen LogP contribution in [0.2, 0.25) is 0 Å². The topological polar surface area (TPSA) is 69.3 Å². The van der Waals surface area contributed by atoms with E-state index in [9.17, 15) is 13.6 Å². The first-order valence-electron chi connectivity index (χ1n) is 14.2. The summed E-state index contributed by atoms with van der Waals surface area (Å²) in [5, 5.41) is 3.11. The normalized spacial score (nSPS) is 28.0. The number of likely N-dealkylation sites (tertiary alicyclic amines) is 1. The fourth-order valence-corrected chi connectivity index (χ4v) is 6.08. The van der Waals surface area contributed by atoms with Gasteiger partial charge >= 0.3 is 0 Å². The number of amides is 1. The van der Waals surface area contributed by atoms with Crippen LogP contribution < -0.4 is 5.32 Å². The van der Waals surface area contributed by atoms with Crippen molar-refractivity contribution in [3.63, 3.8) is 0 Å². The number of nitrogens with one attached hydrogen (secondary N) is 1. The van der Waals surface area contributed by atoms with Crippen molar-refractivity contribution >= 4 is 5.91 Å². The van der Waals surface area contributed by atoms with Gasteiger partial charge in [-0.25, -0.2) is 8.78 Å². The average molecular weight is 559 g/mol. The predicted octanol–water partition coefficient (Wildman–Crippen LogP) is 4.64. The van der Waals surface area contributed by atoms with E-state index in [0.29, 0.717) is 6.54 Å². The van der Waals surface area contributed by atoms with Gasteiger partial charge in [0, 0.05) is 31.5 Å². The molecule has 4 atom stereocenters. The zero-order valence-corrected chi connectivity index (χ0v) is 23.6. The number of fused-ring (bicyclic) bond motifs is 1. The van der Waals surface area contributed by atoms with Gasteiger partial charge in [0.2, 0.25) is 0 Å². The Morgan fingerprint density at radius 1 is 1.07 bits per heavy atom. The first-order valence-corrected chi connectivity index (χ1v) is 14.2. The standard InChI is InChI=1S/C31H40F2N2O5/c1-21-8-6-9-22(16-21)19-38-31(29(36)34-12-15-35-13-4-5-14-35)17-25(28-26(18-31)39-30(2,3)40-28)37-20-23-10-7-11-24(32)27(23)33/h6-11,16,25-26,28H,4-5,12-15,17-20H2,1-3H3,(H,34,36)/t25?,26-,28+,31-/m1/s1. The molecule has 2 heterocycles. The van der Waals surface area contributed by atoms with Gasteiger partial charge in [-0.2, -0.15) is 0 Å². The number of hydrogen-bond acceptors (Lipinski definition) is 6. The maximum atomic E-state index is 14.4. The molecule has 0 radical (unpaired) electrons. The summed E-state index contributed by atoms with van der Waals surface area (Å²) in [7, 11) is 0. The molecule has 5 rings (SSSR count). The second kappa shape index (κ2) is 12.2. The number of aryl methyl sites for hydroxylation is 1. The van der Waals surface area contributed by atoms with Gasteiger partial charge in [0.1, 0.15) is 6.10 Å². The Morgan fingerprint density at radius 2 is 1.85 bits per heavy atom. The van der Waals surface area contributed by atoms with Crippen LogP contribution in [-0.4, -0.2) is 66.7 Å². The minimum atomic E-state index is -1.26. The number of ether oxygens (including phenoxy) is 4. The number of benzene rings is 2. The Bertz CT molecular complexity index is 1190. The van der Waals surface area contributed by atoms with Crippen molar-refractivity contribution in [1.29, 1.82) is 0 Å². The number of carbonyl (C=O) groups excluding carboxylic acids is 1. The largest absolute Gasteiger partial charge is 0.370 e. The molecule has 1 aliphatic carbocycles. The highest BCUT2D eigenvalue weighted by atomic mass is 19.2. The Labute approximate surface area is 235 Å². The fraction of sp³-hybridized carbons (Fsp3) is 0.581. The Kier molecular flexibility index (Phi) is 8.87. The Balaban J connectivity index is 1.38. The molecule has 3 fully saturated rings. The number of nitrogens with zero attached hydrogens (tertiary/aromatic N) is 1. The molecule has 1 saturated carbocycles. The molecule has 2 aliphatic heterocycles. The molecule has 9 heteroatoms. The van der Waals surface area contributed by atoms with Gasteiger partial charge in [-0.05, 0) is 58.3 Å². The zero-order chi connectivity index (χ0) is 28.3. The summed E-state index contributed by atoms with van der Waals surface area (Å²) in [6.07, 6.45) is 1.22. The molecule has 2 saturated heterocycles. The molecule has 0 spiro atoms. The minimum absolute atomic E-state index is 0.0987. The maximum absolute atomic E-state index is 14.4. The van der Waals surface area contributed by atoms with Crippen LogP contribution in [0.1, 0.15) is 56.2 Å². The van der Waals surface area contributed by atoms with E-state index in [1.165, 1.54) is 25.0 Å². The number of rotatable bonds is 10. The summed E-state index contributed by atoms with van der Waals surface area (Å²) in [6, 6.07) is 12.0. The van der Waals surface area contributed by atoms with E-state index < -0.39 is 41.3 Å². The third kappa shape index (κ3) is 6.71. The van der Waals surface area contributed by atoms with Gasteiger partial charge in [-0.15, -0.1) is 0 Å². The number of halogens is 2. The maximum Gasteiger partial charge on any atom is 0.252 e. The highest BCUT2D eigenvalue weighted by molar-refractivity contribution is 5.85. The first-order chi connectivity index (χ1) is 19.1. The molecule has 1 N–H and O–H groups in total. The second-order valence-corrected chi connectivity index (χ2v) is 11.7. The highest BCUT2D eigenvalue weighted by Crippen LogP contribution is 2.44. The van der Waals surface area contributed by atoms with Crippen molar-refractivity contribution in [3.8, 4) is 0 Å². The van der Waals surface area contributed by atoms with Crippen molar-refractivity contribution in [3.05, 3.63) is 70.8 Å². The van der Waals surface area contributed by atoms with E-state index in [2.05, 4.69) is 10.2 Å². The Hall–Kier alpha value is -2.43. The summed E-state index contributed by atoms with van der Waals surface area (Å²) in [5.74, 6) is -2.99. The smallest absolute Gasteiger partial charge is 0.252 e. The van der Waals surface area contributed by atoms with Gasteiger partial charge in [0.25, 0.3) is 5.91 Å². The monoisotopic (exact) mass is 558 g/mol. The highest BCUT2D eigenvalue weighted by Gasteiger charge is 2.58. The van der Waals surface area contributed by atoms with Gasteiger partial charge in [0.05, 0.1) is 25.4 Å². The summed E-state index contributed by atoms with van der Waals surface area (Å²) in [4.78, 5) is 16.3. The first kappa shape index (κ1) is 29.1. The van der Waals surface area contributed by atoms with E-state index >= 15 is 0 Å². The molecular formula is C31H40F2N2O5. The molecular weight excluding hydrogens is 518 g/mol. The quantitative estimate of drug-likeness (QED) is 0.458. The van der Waals surface area contributed by atoms with Crippen molar-refractivity contribution in [2.75, 3.05) is 26.2 Å². The lowest BCUT2D eigenvalue weighted by molar-refractivity contribution is -0.183. The summed E-state index contributed by atoms with van der Waals surface area (Å²) in [6.45, 7) is 9.07. The Morgan fingerprint density at radius 3 is 2.62 bits per heavy atom. The number of hydrogen-bond donors (Lipinski definition) is 1. The molecule has 3 aliphatic rings. The van der Waals surface area contributed by atoms with Gasteiger partial charge < -0.3 is 29.2 Å². The molecule has 0 aromatic heterocycles. The van der Waals surface area contributed by atoms with E-state index in [-0.39, 0.29) is 37.5 Å². The molecule has 1 amide bonds. The lowest BCUT2D eigenvalue weighted by Crippen LogP contribution is -2.60. The summed E-state index contributed by atoms with van der Waals surface area (Å²) in [5.41, 5.74) is 0.892. The van der Waals surface area contributed by atoms with Crippen molar-refractivity contribution < 1.29 is 32.5 Å². The fourth-order valence-electron chi connectivity index (χ4n) is 6.08. The molecule has 218 valence electrons. The van der Waals surface area contributed by atoms with Crippen molar-refractivity contribution in [2.24, 2.45) is 0 Å². The van der Waals surface area contributed by atoms with Crippen LogP contribution in [0.3, 0.4) is 0 Å². The van der Waals surface area contributed by atoms with Crippen molar-refractivity contribution in [2.45, 2.75) is 89.4 Å². The molecule has 40 heavy (non-hydrogen) atoms. The molecule has 2 aromatic rings. The summed E-state index contributed by atoms with van der Waals surface area (Å²) < 4.78 is 53.4. The van der Waals surface area contributed by atoms with Crippen LogP contribution in [-0.2, 0) is 37.0 Å². The SMILES string of the molecule is Cc1cccc(CO[C@]2(C(=O)NCCN3CCCC3)CC(OCc3cccc(F)c3F)[C@@H]3OC(C)(C)O[C@@H]3C2)c1. The molecule has 0 bridgehead atoms. The van der Waals surface area contributed by atoms with E-state index in [1.807, 2.05) is 45.0 Å². The number of carbonyl (C=O) groups is 1. The van der Waals surface area contributed by atoms with Crippen molar-refractivity contribution in [1.82, 2.24) is 10.2 Å². The average Bonchev–Trinajstić information content (AvgIpc) is 3.54. The van der Waals surface area contributed by atoms with E-state index in [0.717, 1.165) is 36.8 Å². The van der Waals surface area contributed by atoms with Crippen LogP contribution in [0.4, 0.5) is 8.78 Å². The minimum Gasteiger partial charge on any atom is -0.370 e. The molecule has 1 unspecified atom stereocenters. The van der Waals surface area contributed by atoms with Crippen LogP contribution in [0, 0.1) is 18.6 Å². The van der Waals surface area contributed by atoms with Crippen LogP contribution >= 0.6 is 0 Å². The third-order valence-corrected chi connectivity index (χ3v) is 8.06. The molecule has 2 aromatic carbocycles. The van der Waals surface area contributed by atoms with Gasteiger partial charge in [0.15, 0.2) is 23.0 Å². The predicted molar refractivity (Wildman–Crippen MR) is 145 cm³/mol. The van der Waals surface area contributed by atoms with Crippen LogP contribution in [0.15, 0.2) is 42.5 Å². The van der Waals surface area contributed by atoms with Gasteiger partial charge in [-0.1, -0.05) is 42.0 Å². The van der Waals surface area contributed by atoms with Crippen LogP contribution in [0.25, 0.3) is 0 Å². The lowest BCUT2D eigenvalue weighted by atomic mass is 9.78. The zero-order valence-electron chi connectivity index (χ0n) is 23.6. The van der Waals surface area contributed by atoms with Crippen LogP contribution in [0.5, 0.6) is 0 Å².